The van der Waals surface area contributed by atoms with Gasteiger partial charge in [0.1, 0.15) is 0 Å². The van der Waals surface area contributed by atoms with Crippen molar-refractivity contribution in [2.75, 3.05) is 4.90 Å². The molecule has 0 radical (unpaired) electrons. The fourth-order valence-electron chi connectivity index (χ4n) is 1.29. The molecule has 1 aliphatic heterocycles. The molecule has 0 spiro atoms. The molecule has 1 aromatic heterocycles. The molecule has 3 nitrogen and oxygen atoms in total. The zero-order chi connectivity index (χ0) is 9.80. The maximum Gasteiger partial charge on any atom is 0.0636 e. The summed E-state index contributed by atoms with van der Waals surface area (Å²) in [5.41, 5.74) is 2.12. The normalized spacial score (nSPS) is 15.2. The number of nitrogens with zero attached hydrogens (tertiary/aromatic N) is 3. The van der Waals surface area contributed by atoms with Crippen molar-refractivity contribution in [1.82, 2.24) is 4.98 Å². The van der Waals surface area contributed by atoms with Crippen LogP contribution < -0.4 is 4.90 Å². The van der Waals surface area contributed by atoms with Gasteiger partial charge in [0, 0.05) is 30.5 Å². The Morgan fingerprint density at radius 2 is 2.29 bits per heavy atom. The molecule has 0 saturated carbocycles. The van der Waals surface area contributed by atoms with E-state index in [0.29, 0.717) is 0 Å². The highest BCUT2D eigenvalue weighted by atomic mass is 15.1. The second-order valence-corrected chi connectivity index (χ2v) is 2.99. The number of aliphatic imine (C=N–C) groups is 1. The van der Waals surface area contributed by atoms with Gasteiger partial charge in [-0.05, 0) is 25.1 Å². The lowest BCUT2D eigenvalue weighted by Gasteiger charge is -2.19. The molecule has 0 saturated heterocycles. The first-order valence-electron chi connectivity index (χ1n) is 4.44. The molecule has 3 heteroatoms. The summed E-state index contributed by atoms with van der Waals surface area (Å²) in [4.78, 5) is 10.2. The Morgan fingerprint density at radius 3 is 3.07 bits per heavy atom. The molecular weight excluding hydrogens is 174 g/mol. The van der Waals surface area contributed by atoms with Crippen LogP contribution in [-0.4, -0.2) is 11.2 Å². The van der Waals surface area contributed by atoms with Crippen LogP contribution in [0.15, 0.2) is 53.7 Å². The Balaban J connectivity index is 2.35. The van der Waals surface area contributed by atoms with Crippen LogP contribution >= 0.6 is 0 Å². The Bertz CT molecular complexity index is 390. The predicted octanol–water partition coefficient (Wildman–Crippen LogP) is 2.35. The average Bonchev–Trinajstić information content (AvgIpc) is 2.44. The molecule has 2 heterocycles. The third-order valence-electron chi connectivity index (χ3n) is 1.97. The van der Waals surface area contributed by atoms with Gasteiger partial charge in [0.05, 0.1) is 11.9 Å². The summed E-state index contributed by atoms with van der Waals surface area (Å²) < 4.78 is 0. The lowest BCUT2D eigenvalue weighted by Crippen LogP contribution is -2.12. The number of hydrogen-bond donors (Lipinski definition) is 0. The quantitative estimate of drug-likeness (QED) is 0.671. The van der Waals surface area contributed by atoms with Gasteiger partial charge in [0.25, 0.3) is 0 Å². The maximum absolute atomic E-state index is 4.09. The summed E-state index contributed by atoms with van der Waals surface area (Å²) in [5.74, 6) is 0. The molecule has 70 valence electrons. The maximum atomic E-state index is 4.09. The molecule has 2 rings (SSSR count). The van der Waals surface area contributed by atoms with E-state index >= 15 is 0 Å². The van der Waals surface area contributed by atoms with E-state index in [0.717, 1.165) is 11.4 Å². The number of anilines is 1. The summed E-state index contributed by atoms with van der Waals surface area (Å²) in [7, 11) is 0. The third kappa shape index (κ3) is 1.71. The zero-order valence-corrected chi connectivity index (χ0v) is 7.96. The molecule has 0 aliphatic carbocycles. The van der Waals surface area contributed by atoms with Crippen molar-refractivity contribution >= 4 is 11.9 Å². The first kappa shape index (κ1) is 8.69. The SMILES string of the molecule is CC1=CN=CC=CN1c1cccnc1. The minimum absolute atomic E-state index is 1.04. The fourth-order valence-corrected chi connectivity index (χ4v) is 1.29. The first-order valence-corrected chi connectivity index (χ1v) is 4.44. The Labute approximate surface area is 83.1 Å². The number of rotatable bonds is 1. The van der Waals surface area contributed by atoms with Crippen molar-refractivity contribution in [2.24, 2.45) is 4.99 Å². The standard InChI is InChI=1S/C11H11N3/c1-10-8-12-6-3-7-14(10)11-4-2-5-13-9-11/h2-9H,1H3. The van der Waals surface area contributed by atoms with Crippen LogP contribution in [0.4, 0.5) is 5.69 Å². The van der Waals surface area contributed by atoms with Crippen LogP contribution in [0.2, 0.25) is 0 Å². The number of aromatic nitrogens is 1. The molecule has 0 fully saturated rings. The minimum atomic E-state index is 1.04. The van der Waals surface area contributed by atoms with Gasteiger partial charge in [0.2, 0.25) is 0 Å². The first-order chi connectivity index (χ1) is 6.88. The van der Waals surface area contributed by atoms with Gasteiger partial charge in [-0.3, -0.25) is 9.98 Å². The lowest BCUT2D eigenvalue weighted by molar-refractivity contribution is 1.12. The molecule has 0 amide bonds. The van der Waals surface area contributed by atoms with Crippen molar-refractivity contribution in [2.45, 2.75) is 6.92 Å². The zero-order valence-electron chi connectivity index (χ0n) is 7.96. The van der Waals surface area contributed by atoms with E-state index in [-0.39, 0.29) is 0 Å². The Hall–Kier alpha value is -1.90. The largest absolute Gasteiger partial charge is 0.318 e. The molecule has 0 unspecified atom stereocenters. The molecule has 1 aliphatic rings. The molecule has 0 aromatic carbocycles. The highest BCUT2D eigenvalue weighted by Gasteiger charge is 2.05. The Kier molecular flexibility index (Phi) is 2.40. The minimum Gasteiger partial charge on any atom is -0.318 e. The fraction of sp³-hybridized carbons (Fsp3) is 0.0909. The molecule has 14 heavy (non-hydrogen) atoms. The monoisotopic (exact) mass is 185 g/mol. The smallest absolute Gasteiger partial charge is 0.0636 e. The van der Waals surface area contributed by atoms with Gasteiger partial charge >= 0.3 is 0 Å². The van der Waals surface area contributed by atoms with Crippen LogP contribution in [0.3, 0.4) is 0 Å². The van der Waals surface area contributed by atoms with Gasteiger partial charge in [-0.25, -0.2) is 0 Å². The highest BCUT2D eigenvalue weighted by Crippen LogP contribution is 2.18. The van der Waals surface area contributed by atoms with E-state index in [9.17, 15) is 0 Å². The van der Waals surface area contributed by atoms with Crippen molar-refractivity contribution in [3.8, 4) is 0 Å². The van der Waals surface area contributed by atoms with Crippen molar-refractivity contribution < 1.29 is 0 Å². The van der Waals surface area contributed by atoms with Crippen molar-refractivity contribution in [3.05, 3.63) is 48.7 Å². The summed E-state index contributed by atoms with van der Waals surface area (Å²) in [5, 5.41) is 0. The van der Waals surface area contributed by atoms with E-state index < -0.39 is 0 Å². The van der Waals surface area contributed by atoms with Crippen LogP contribution in [0.1, 0.15) is 6.92 Å². The highest BCUT2D eigenvalue weighted by molar-refractivity contribution is 5.74. The van der Waals surface area contributed by atoms with E-state index in [4.69, 9.17) is 0 Å². The number of pyridine rings is 1. The van der Waals surface area contributed by atoms with Gasteiger partial charge in [0.15, 0.2) is 0 Å². The predicted molar refractivity (Wildman–Crippen MR) is 58.1 cm³/mol. The molecule has 0 atom stereocenters. The second-order valence-electron chi connectivity index (χ2n) is 2.99. The summed E-state index contributed by atoms with van der Waals surface area (Å²) in [6, 6.07) is 3.93. The summed E-state index contributed by atoms with van der Waals surface area (Å²) >= 11 is 0. The molecular formula is C11H11N3. The van der Waals surface area contributed by atoms with E-state index in [1.165, 1.54) is 0 Å². The van der Waals surface area contributed by atoms with Crippen LogP contribution in [0.5, 0.6) is 0 Å². The molecule has 0 bridgehead atoms. The van der Waals surface area contributed by atoms with Gasteiger partial charge in [-0.15, -0.1) is 0 Å². The van der Waals surface area contributed by atoms with Gasteiger partial charge < -0.3 is 4.90 Å². The van der Waals surface area contributed by atoms with E-state index in [2.05, 4.69) is 9.98 Å². The second kappa shape index (κ2) is 3.87. The average molecular weight is 185 g/mol. The topological polar surface area (TPSA) is 28.5 Å². The van der Waals surface area contributed by atoms with Crippen molar-refractivity contribution in [3.63, 3.8) is 0 Å². The van der Waals surface area contributed by atoms with Gasteiger partial charge in [-0.2, -0.15) is 0 Å². The Morgan fingerprint density at radius 1 is 1.36 bits per heavy atom. The lowest BCUT2D eigenvalue weighted by atomic mass is 10.3. The molecule has 0 N–H and O–H groups in total. The number of hydrogen-bond acceptors (Lipinski definition) is 3. The summed E-state index contributed by atoms with van der Waals surface area (Å²) in [6.45, 7) is 2.01. The number of allylic oxidation sites excluding steroid dienone is 2. The summed E-state index contributed by atoms with van der Waals surface area (Å²) in [6.07, 6.45) is 11.1. The van der Waals surface area contributed by atoms with Crippen LogP contribution in [0.25, 0.3) is 0 Å². The van der Waals surface area contributed by atoms with Crippen LogP contribution in [-0.2, 0) is 0 Å². The van der Waals surface area contributed by atoms with Gasteiger partial charge in [-0.1, -0.05) is 0 Å². The van der Waals surface area contributed by atoms with Crippen molar-refractivity contribution in [1.29, 1.82) is 0 Å². The third-order valence-corrected chi connectivity index (χ3v) is 1.97. The van der Waals surface area contributed by atoms with E-state index in [1.54, 1.807) is 12.4 Å². The van der Waals surface area contributed by atoms with E-state index in [1.807, 2.05) is 48.6 Å². The molecule has 1 aromatic rings. The van der Waals surface area contributed by atoms with Crippen LogP contribution in [0, 0.1) is 0 Å².